The second-order valence-corrected chi connectivity index (χ2v) is 7.20. The molecule has 9 nitrogen and oxygen atoms in total. The van der Waals surface area contributed by atoms with Crippen LogP contribution in [0, 0.1) is 11.3 Å². The number of aryl methyl sites for hydroxylation is 1. The lowest BCUT2D eigenvalue weighted by Gasteiger charge is -2.07. The molecule has 10 heteroatoms. The Morgan fingerprint density at radius 3 is 2.71 bits per heavy atom. The van der Waals surface area contributed by atoms with E-state index >= 15 is 0 Å². The third-order valence-electron chi connectivity index (χ3n) is 4.45. The predicted molar refractivity (Wildman–Crippen MR) is 105 cm³/mol. The predicted octanol–water partition coefficient (Wildman–Crippen LogP) is 1.54. The Morgan fingerprint density at radius 2 is 2.00 bits per heavy atom. The molecule has 3 aromatic heterocycles. The van der Waals surface area contributed by atoms with Crippen molar-refractivity contribution in [2.24, 2.45) is 14.1 Å². The van der Waals surface area contributed by atoms with Gasteiger partial charge in [0.15, 0.2) is 11.2 Å². The molecule has 0 radical (unpaired) electrons. The van der Waals surface area contributed by atoms with E-state index in [0.29, 0.717) is 5.01 Å². The van der Waals surface area contributed by atoms with Crippen molar-refractivity contribution in [2.75, 3.05) is 0 Å². The molecule has 3 heterocycles. The molecule has 4 aromatic rings. The van der Waals surface area contributed by atoms with Gasteiger partial charge in [-0.3, -0.25) is 13.9 Å². The first-order chi connectivity index (χ1) is 13.4. The van der Waals surface area contributed by atoms with Gasteiger partial charge < -0.3 is 9.67 Å². The van der Waals surface area contributed by atoms with Crippen LogP contribution in [0.5, 0.6) is 0 Å². The number of nitriles is 1. The summed E-state index contributed by atoms with van der Waals surface area (Å²) in [5.74, 6) is -0.239. The number of aliphatic hydroxyl groups is 1. The molecule has 4 rings (SSSR count). The number of fused-ring (bicyclic) bond motifs is 2. The van der Waals surface area contributed by atoms with Gasteiger partial charge in [-0.2, -0.15) is 5.26 Å². The summed E-state index contributed by atoms with van der Waals surface area (Å²) < 4.78 is 4.54. The topological polar surface area (TPSA) is 119 Å². The third kappa shape index (κ3) is 2.60. The molecule has 0 amide bonds. The van der Waals surface area contributed by atoms with Crippen LogP contribution in [0.1, 0.15) is 5.01 Å². The molecule has 1 N–H and O–H groups in total. The molecule has 140 valence electrons. The first-order valence-corrected chi connectivity index (χ1v) is 9.03. The molecule has 0 bridgehead atoms. The molecule has 28 heavy (non-hydrogen) atoms. The van der Waals surface area contributed by atoms with Crippen LogP contribution in [0.25, 0.3) is 27.0 Å². The number of aromatic nitrogens is 5. The van der Waals surface area contributed by atoms with Gasteiger partial charge in [0.1, 0.15) is 22.4 Å². The van der Waals surface area contributed by atoms with E-state index < -0.39 is 11.2 Å². The van der Waals surface area contributed by atoms with Crippen molar-refractivity contribution >= 4 is 38.3 Å². The van der Waals surface area contributed by atoms with E-state index in [1.165, 1.54) is 40.9 Å². The maximum Gasteiger partial charge on any atom is 0.332 e. The van der Waals surface area contributed by atoms with Gasteiger partial charge in [0.25, 0.3) is 5.56 Å². The molecule has 1 aromatic carbocycles. The van der Waals surface area contributed by atoms with E-state index in [4.69, 9.17) is 0 Å². The number of imidazole rings is 1. The van der Waals surface area contributed by atoms with Crippen LogP contribution in [-0.2, 0) is 20.6 Å². The number of aliphatic hydroxyl groups excluding tert-OH is 1. The van der Waals surface area contributed by atoms with Crippen molar-refractivity contribution in [3.63, 3.8) is 0 Å². The maximum absolute atomic E-state index is 12.5. The molecule has 0 unspecified atom stereocenters. The summed E-state index contributed by atoms with van der Waals surface area (Å²) in [6.07, 6.45) is 1.36. The number of para-hydroxylation sites is 1. The first kappa shape index (κ1) is 17.7. The second-order valence-electron chi connectivity index (χ2n) is 6.17. The average molecular weight is 394 g/mol. The fraction of sp³-hybridized carbons (Fsp3) is 0.167. The van der Waals surface area contributed by atoms with Gasteiger partial charge in [-0.15, -0.1) is 11.3 Å². The molecule has 0 spiro atoms. The van der Waals surface area contributed by atoms with Crippen LogP contribution in [0.15, 0.2) is 45.9 Å². The van der Waals surface area contributed by atoms with Crippen LogP contribution >= 0.6 is 11.3 Å². The highest BCUT2D eigenvalue weighted by Gasteiger charge is 2.18. The Hall–Kier alpha value is -3.71. The van der Waals surface area contributed by atoms with Crippen molar-refractivity contribution in [1.29, 1.82) is 5.26 Å². The monoisotopic (exact) mass is 394 g/mol. The van der Waals surface area contributed by atoms with E-state index in [0.717, 1.165) is 14.8 Å². The summed E-state index contributed by atoms with van der Waals surface area (Å²) in [6.45, 7) is -0.150. The van der Waals surface area contributed by atoms with E-state index in [9.17, 15) is 20.0 Å². The summed E-state index contributed by atoms with van der Waals surface area (Å²) in [7, 11) is 2.89. The van der Waals surface area contributed by atoms with Crippen molar-refractivity contribution in [3.05, 3.63) is 62.2 Å². The molecule has 0 saturated carbocycles. The Labute approximate surface area is 161 Å². The van der Waals surface area contributed by atoms with Gasteiger partial charge in [0, 0.05) is 14.1 Å². The lowest BCUT2D eigenvalue weighted by atomic mass is 10.2. The van der Waals surface area contributed by atoms with Crippen molar-refractivity contribution in [2.45, 2.75) is 6.54 Å². The minimum Gasteiger partial charge on any atom is -0.509 e. The standard InChI is InChI=1S/C18H14N6O3S/c1-22-15-14(17(26)23(2)18(22)27)24(9-20-15)8-12(25)10(7-19)16-21-11-5-3-4-6-13(11)28-16/h3-6,9,25H,8H2,1-2H3. The van der Waals surface area contributed by atoms with Crippen molar-refractivity contribution in [3.8, 4) is 6.07 Å². The molecule has 0 aliphatic heterocycles. The van der Waals surface area contributed by atoms with Crippen LogP contribution in [0.2, 0.25) is 0 Å². The van der Waals surface area contributed by atoms with Crippen LogP contribution in [0.4, 0.5) is 0 Å². The van der Waals surface area contributed by atoms with Gasteiger partial charge >= 0.3 is 5.69 Å². The normalized spacial score (nSPS) is 12.3. The fourth-order valence-electron chi connectivity index (χ4n) is 2.97. The summed E-state index contributed by atoms with van der Waals surface area (Å²) in [5.41, 5.74) is 0.124. The summed E-state index contributed by atoms with van der Waals surface area (Å²) >= 11 is 1.30. The Morgan fingerprint density at radius 1 is 1.25 bits per heavy atom. The minimum absolute atomic E-state index is 0.0321. The van der Waals surface area contributed by atoms with Gasteiger partial charge in [-0.05, 0) is 12.1 Å². The molecule has 0 saturated heterocycles. The molecular formula is C18H14N6O3S. The Balaban J connectivity index is 1.85. The number of allylic oxidation sites excluding steroid dienone is 2. The smallest absolute Gasteiger partial charge is 0.332 e. The van der Waals surface area contributed by atoms with Crippen LogP contribution in [0.3, 0.4) is 0 Å². The largest absolute Gasteiger partial charge is 0.509 e. The van der Waals surface area contributed by atoms with Gasteiger partial charge in [-0.25, -0.2) is 14.8 Å². The zero-order valence-electron chi connectivity index (χ0n) is 14.9. The first-order valence-electron chi connectivity index (χ1n) is 8.21. The van der Waals surface area contributed by atoms with Gasteiger partial charge in [0.2, 0.25) is 0 Å². The Bertz CT molecular complexity index is 1400. The second kappa shape index (κ2) is 6.47. The molecular weight excluding hydrogens is 380 g/mol. The quantitative estimate of drug-likeness (QED) is 0.416. The maximum atomic E-state index is 12.5. The summed E-state index contributed by atoms with van der Waals surface area (Å²) in [5, 5.41) is 20.6. The molecule has 0 fully saturated rings. The lowest BCUT2D eigenvalue weighted by molar-refractivity contribution is 0.381. The van der Waals surface area contributed by atoms with E-state index in [1.54, 1.807) is 0 Å². The number of thiazole rings is 1. The van der Waals surface area contributed by atoms with Crippen LogP contribution < -0.4 is 11.2 Å². The minimum atomic E-state index is -0.526. The van der Waals surface area contributed by atoms with Gasteiger partial charge in [0.05, 0.1) is 23.1 Å². The highest BCUT2D eigenvalue weighted by Crippen LogP contribution is 2.28. The number of nitrogens with zero attached hydrogens (tertiary/aromatic N) is 6. The number of rotatable bonds is 3. The molecule has 0 aliphatic rings. The zero-order chi connectivity index (χ0) is 20.0. The number of benzene rings is 1. The number of hydrogen-bond acceptors (Lipinski definition) is 7. The highest BCUT2D eigenvalue weighted by atomic mass is 32.1. The molecule has 0 atom stereocenters. The van der Waals surface area contributed by atoms with Crippen LogP contribution in [-0.4, -0.2) is 28.8 Å². The fourth-order valence-corrected chi connectivity index (χ4v) is 3.95. The SMILES string of the molecule is Cn1c(=O)c2c(ncn2CC(O)=C(C#N)c2nc3ccccc3s2)n(C)c1=O. The van der Waals surface area contributed by atoms with E-state index in [2.05, 4.69) is 9.97 Å². The number of hydrogen-bond donors (Lipinski definition) is 1. The molecule has 0 aliphatic carbocycles. The van der Waals surface area contributed by atoms with E-state index in [1.807, 2.05) is 30.3 Å². The van der Waals surface area contributed by atoms with Gasteiger partial charge in [-0.1, -0.05) is 12.1 Å². The van der Waals surface area contributed by atoms with E-state index in [-0.39, 0.29) is 29.0 Å². The lowest BCUT2D eigenvalue weighted by Crippen LogP contribution is -2.37. The zero-order valence-corrected chi connectivity index (χ0v) is 15.8. The summed E-state index contributed by atoms with van der Waals surface area (Å²) in [4.78, 5) is 33.0. The Kier molecular flexibility index (Phi) is 4.09. The third-order valence-corrected chi connectivity index (χ3v) is 5.50. The van der Waals surface area contributed by atoms with Crippen molar-refractivity contribution < 1.29 is 5.11 Å². The summed E-state index contributed by atoms with van der Waals surface area (Å²) in [6, 6.07) is 9.42. The van der Waals surface area contributed by atoms with Crippen molar-refractivity contribution in [1.82, 2.24) is 23.7 Å². The highest BCUT2D eigenvalue weighted by molar-refractivity contribution is 7.19. The average Bonchev–Trinajstić information content (AvgIpc) is 3.29.